The summed E-state index contributed by atoms with van der Waals surface area (Å²) in [6.07, 6.45) is 1.24. The van der Waals surface area contributed by atoms with Crippen molar-refractivity contribution in [2.75, 3.05) is 36.7 Å². The van der Waals surface area contributed by atoms with Crippen LogP contribution < -0.4 is 15.8 Å². The van der Waals surface area contributed by atoms with Crippen molar-refractivity contribution in [2.24, 2.45) is 0 Å². The lowest BCUT2D eigenvalue weighted by Crippen LogP contribution is -2.36. The van der Waals surface area contributed by atoms with E-state index in [1.54, 1.807) is 6.07 Å². The molecule has 0 saturated carbocycles. The van der Waals surface area contributed by atoms with Crippen LogP contribution in [0.3, 0.4) is 0 Å². The molecule has 39 heavy (non-hydrogen) atoms. The number of nitrogens with one attached hydrogen (secondary N) is 1. The van der Waals surface area contributed by atoms with E-state index in [1.807, 2.05) is 55.5 Å². The van der Waals surface area contributed by atoms with Crippen molar-refractivity contribution < 1.29 is 23.6 Å². The van der Waals surface area contributed by atoms with Gasteiger partial charge in [0.1, 0.15) is 11.8 Å². The highest BCUT2D eigenvalue weighted by atomic mass is 16.7. The minimum absolute atomic E-state index is 0.0210. The normalized spacial score (nSPS) is 13.7. The van der Waals surface area contributed by atoms with Gasteiger partial charge in [-0.15, -0.1) is 0 Å². The third kappa shape index (κ3) is 4.30. The number of fused-ring (bicyclic) bond motifs is 5. The van der Waals surface area contributed by atoms with Crippen LogP contribution in [-0.4, -0.2) is 42.6 Å². The lowest BCUT2D eigenvalue weighted by Gasteiger charge is -2.28. The second-order valence-electron chi connectivity index (χ2n) is 9.46. The molecule has 0 atom stereocenters. The Bertz CT molecular complexity index is 1800. The van der Waals surface area contributed by atoms with Gasteiger partial charge in [-0.25, -0.2) is 5.48 Å². The van der Waals surface area contributed by atoms with Gasteiger partial charge in [-0.1, -0.05) is 0 Å². The molecule has 5 aromatic rings. The number of morpholine rings is 1. The molecule has 0 bridgehead atoms. The topological polar surface area (TPSA) is 103 Å². The van der Waals surface area contributed by atoms with Crippen molar-refractivity contribution in [1.82, 2.24) is 4.57 Å². The van der Waals surface area contributed by atoms with Crippen LogP contribution in [0.25, 0.3) is 32.8 Å². The van der Waals surface area contributed by atoms with Gasteiger partial charge >= 0.3 is 5.97 Å². The van der Waals surface area contributed by atoms with Crippen molar-refractivity contribution in [1.29, 1.82) is 0 Å². The van der Waals surface area contributed by atoms with E-state index in [2.05, 4.69) is 14.9 Å². The fourth-order valence-electron chi connectivity index (χ4n) is 5.27. The molecule has 0 spiro atoms. The van der Waals surface area contributed by atoms with Gasteiger partial charge in [0.25, 0.3) is 0 Å². The summed E-state index contributed by atoms with van der Waals surface area (Å²) in [5.74, 6) is -0.665. The molecule has 9 nitrogen and oxygen atoms in total. The lowest BCUT2D eigenvalue weighted by molar-refractivity contribution is -0.138. The molecule has 3 aromatic carbocycles. The first-order chi connectivity index (χ1) is 19.0. The summed E-state index contributed by atoms with van der Waals surface area (Å²) in [6.45, 7) is 7.03. The Kier molecular flexibility index (Phi) is 6.28. The van der Waals surface area contributed by atoms with Crippen LogP contribution in [0.5, 0.6) is 0 Å². The van der Waals surface area contributed by atoms with Gasteiger partial charge in [-0.2, -0.15) is 0 Å². The summed E-state index contributed by atoms with van der Waals surface area (Å²) in [5, 5.41) is 1.90. The smallest absolute Gasteiger partial charge is 0.329 e. The molecule has 1 aliphatic rings. The highest BCUT2D eigenvalue weighted by Crippen LogP contribution is 2.35. The second-order valence-corrected chi connectivity index (χ2v) is 9.46. The highest BCUT2D eigenvalue weighted by molar-refractivity contribution is 6.21. The molecule has 1 saturated heterocycles. The predicted molar refractivity (Wildman–Crippen MR) is 149 cm³/mol. The van der Waals surface area contributed by atoms with E-state index in [-0.39, 0.29) is 16.9 Å². The SMILES string of the molecule is CCn1c2ccc(C(=O)c3ccc(N4CCOCC4)cc3)cc2c2c3occ(NOC(C)=O)c(=O)c3ccc21. The molecule has 0 radical (unpaired) electrons. The third-order valence-corrected chi connectivity index (χ3v) is 7.16. The fourth-order valence-corrected chi connectivity index (χ4v) is 5.27. The minimum atomic E-state index is -0.580. The first-order valence-corrected chi connectivity index (χ1v) is 12.9. The Morgan fingerprint density at radius 2 is 1.67 bits per heavy atom. The summed E-state index contributed by atoms with van der Waals surface area (Å²) in [7, 11) is 0. The molecule has 0 unspecified atom stereocenters. The molecule has 2 aromatic heterocycles. The van der Waals surface area contributed by atoms with Gasteiger partial charge < -0.3 is 23.5 Å². The van der Waals surface area contributed by atoms with Crippen LogP contribution in [0.2, 0.25) is 0 Å². The molecule has 1 aliphatic heterocycles. The summed E-state index contributed by atoms with van der Waals surface area (Å²) in [6, 6.07) is 16.9. The lowest BCUT2D eigenvalue weighted by atomic mass is 10.00. The van der Waals surface area contributed by atoms with E-state index in [4.69, 9.17) is 14.0 Å². The number of anilines is 2. The molecule has 1 fully saturated rings. The maximum absolute atomic E-state index is 13.5. The number of carbonyl (C=O) groups is 2. The van der Waals surface area contributed by atoms with Crippen molar-refractivity contribution in [3.8, 4) is 0 Å². The summed E-state index contributed by atoms with van der Waals surface area (Å²) >= 11 is 0. The summed E-state index contributed by atoms with van der Waals surface area (Å²) in [5.41, 5.74) is 6.47. The van der Waals surface area contributed by atoms with Gasteiger partial charge in [0, 0.05) is 54.3 Å². The number of nitrogens with zero attached hydrogens (tertiary/aromatic N) is 2. The zero-order chi connectivity index (χ0) is 27.1. The number of hydrogen-bond donors (Lipinski definition) is 1. The van der Waals surface area contributed by atoms with Crippen LogP contribution in [0.1, 0.15) is 29.8 Å². The fraction of sp³-hybridized carbons (Fsp3) is 0.233. The second kappa shape index (κ2) is 9.92. The van der Waals surface area contributed by atoms with Crippen LogP contribution >= 0.6 is 0 Å². The van der Waals surface area contributed by atoms with E-state index in [0.717, 1.165) is 40.6 Å². The van der Waals surface area contributed by atoms with Crippen molar-refractivity contribution in [3.05, 3.63) is 82.2 Å². The number of rotatable bonds is 6. The average molecular weight is 526 g/mol. The number of ketones is 1. The van der Waals surface area contributed by atoms with E-state index in [1.165, 1.54) is 13.2 Å². The van der Waals surface area contributed by atoms with Gasteiger partial charge in [0.15, 0.2) is 11.5 Å². The molecular formula is C30H27N3O6. The monoisotopic (exact) mass is 525 g/mol. The zero-order valence-corrected chi connectivity index (χ0v) is 21.7. The number of benzene rings is 3. The first-order valence-electron chi connectivity index (χ1n) is 12.9. The molecular weight excluding hydrogens is 498 g/mol. The summed E-state index contributed by atoms with van der Waals surface area (Å²) < 4.78 is 13.5. The van der Waals surface area contributed by atoms with Crippen molar-refractivity contribution in [2.45, 2.75) is 20.4 Å². The molecule has 198 valence electrons. The van der Waals surface area contributed by atoms with E-state index >= 15 is 0 Å². The largest absolute Gasteiger partial charge is 0.461 e. The van der Waals surface area contributed by atoms with Crippen LogP contribution in [-0.2, 0) is 20.9 Å². The number of aryl methyl sites for hydroxylation is 1. The standard InChI is InChI=1S/C30H27N3O6/c1-3-33-25-10-6-20(28(35)19-4-7-21(8-5-19)32-12-14-37-15-13-32)16-23(25)27-26(33)11-9-22-29(36)24(17-38-30(22)27)31-39-18(2)34/h4-11,16-17,31H,3,12-15H2,1-2H3. The maximum Gasteiger partial charge on any atom is 0.329 e. The quantitative estimate of drug-likeness (QED) is 0.247. The van der Waals surface area contributed by atoms with Gasteiger partial charge in [-0.3, -0.25) is 14.4 Å². The number of hydrogen-bond acceptors (Lipinski definition) is 8. The molecule has 0 aliphatic carbocycles. The van der Waals surface area contributed by atoms with Crippen LogP contribution in [0, 0.1) is 0 Å². The Hall–Kier alpha value is -4.63. The Morgan fingerprint density at radius 1 is 0.949 bits per heavy atom. The maximum atomic E-state index is 13.5. The van der Waals surface area contributed by atoms with Gasteiger partial charge in [0.05, 0.1) is 29.5 Å². The Morgan fingerprint density at radius 3 is 2.38 bits per heavy atom. The van der Waals surface area contributed by atoms with Crippen LogP contribution in [0.4, 0.5) is 11.4 Å². The minimum Gasteiger partial charge on any atom is -0.461 e. The third-order valence-electron chi connectivity index (χ3n) is 7.16. The number of ether oxygens (including phenoxy) is 1. The van der Waals surface area contributed by atoms with Crippen molar-refractivity contribution in [3.63, 3.8) is 0 Å². The molecule has 6 rings (SSSR count). The highest BCUT2D eigenvalue weighted by Gasteiger charge is 2.20. The summed E-state index contributed by atoms with van der Waals surface area (Å²) in [4.78, 5) is 44.8. The predicted octanol–water partition coefficient (Wildman–Crippen LogP) is 4.88. The molecule has 3 heterocycles. The van der Waals surface area contributed by atoms with Crippen LogP contribution in [0.15, 0.2) is 70.1 Å². The van der Waals surface area contributed by atoms with E-state index < -0.39 is 5.97 Å². The first kappa shape index (κ1) is 24.7. The zero-order valence-electron chi connectivity index (χ0n) is 21.7. The van der Waals surface area contributed by atoms with Gasteiger partial charge in [-0.05, 0) is 61.5 Å². The molecule has 0 amide bonds. The van der Waals surface area contributed by atoms with E-state index in [0.29, 0.717) is 41.9 Å². The van der Waals surface area contributed by atoms with Crippen molar-refractivity contribution >= 4 is 55.9 Å². The Balaban J connectivity index is 1.44. The number of aromatic nitrogens is 1. The number of carbonyl (C=O) groups excluding carboxylic acids is 2. The van der Waals surface area contributed by atoms with Gasteiger partial charge in [0.2, 0.25) is 5.43 Å². The van der Waals surface area contributed by atoms with E-state index in [9.17, 15) is 14.4 Å². The molecule has 1 N–H and O–H groups in total. The Labute approximate surface area is 223 Å². The average Bonchev–Trinajstić information content (AvgIpc) is 3.30. The molecule has 9 heteroatoms.